The minimum atomic E-state index is -0.344. The van der Waals surface area contributed by atoms with E-state index in [4.69, 9.17) is 0 Å². The van der Waals surface area contributed by atoms with Crippen LogP contribution in [0.5, 0.6) is 0 Å². The van der Waals surface area contributed by atoms with Gasteiger partial charge in [0.25, 0.3) is 0 Å². The fraction of sp³-hybridized carbons (Fsp3) is 0.400. The molecule has 0 aliphatic carbocycles. The Morgan fingerprint density at radius 2 is 2.56 bits per heavy atom. The Labute approximate surface area is 59.6 Å². The summed E-state index contributed by atoms with van der Waals surface area (Å²) in [6.45, 7) is 1.88. The van der Waals surface area contributed by atoms with Crippen molar-refractivity contribution in [2.24, 2.45) is 0 Å². The lowest BCUT2D eigenvalue weighted by Gasteiger charge is -1.94. The molecule has 0 amide bonds. The van der Waals surface area contributed by atoms with Crippen LogP contribution in [-0.4, -0.2) is 12.5 Å². The van der Waals surface area contributed by atoms with Gasteiger partial charge in [-0.2, -0.15) is 0 Å². The van der Waals surface area contributed by atoms with E-state index in [1.807, 2.05) is 0 Å². The average molecular weight is 147 g/mol. The number of rotatable bonds is 3. The first kappa shape index (κ1) is 8.52. The summed E-state index contributed by atoms with van der Waals surface area (Å²) in [6, 6.07) is 0. The van der Waals surface area contributed by atoms with Crippen LogP contribution in [0.3, 0.4) is 0 Å². The molecule has 0 aromatic carbocycles. The molecular formula is C5H9NO2S. The van der Waals surface area contributed by atoms with Gasteiger partial charge in [-0.1, -0.05) is 18.9 Å². The zero-order valence-corrected chi connectivity index (χ0v) is 6.02. The van der Waals surface area contributed by atoms with Crippen molar-refractivity contribution in [3.8, 4) is 0 Å². The van der Waals surface area contributed by atoms with Crippen molar-refractivity contribution in [1.29, 1.82) is 0 Å². The second-order valence-corrected chi connectivity index (χ2v) is 1.61. The van der Waals surface area contributed by atoms with E-state index in [9.17, 15) is 4.79 Å². The summed E-state index contributed by atoms with van der Waals surface area (Å²) in [7, 11) is 0. The lowest BCUT2D eigenvalue weighted by atomic mass is 10.7. The number of carbonyl (C=O) groups is 1. The Hall–Kier alpha value is -0.480. The molecule has 0 unspecified atom stereocenters. The summed E-state index contributed by atoms with van der Waals surface area (Å²) in [5.41, 5.74) is 0. The SMILES string of the molecule is CC=COC(=O)CNS. The van der Waals surface area contributed by atoms with Gasteiger partial charge in [0.05, 0.1) is 6.26 Å². The molecule has 0 atom stereocenters. The Kier molecular flexibility index (Phi) is 5.35. The zero-order chi connectivity index (χ0) is 7.11. The van der Waals surface area contributed by atoms with Gasteiger partial charge in [-0.25, -0.2) is 0 Å². The largest absolute Gasteiger partial charge is 0.434 e. The highest BCUT2D eigenvalue weighted by molar-refractivity contribution is 7.78. The number of carbonyl (C=O) groups excluding carboxylic acids is 1. The highest BCUT2D eigenvalue weighted by Crippen LogP contribution is 1.78. The number of hydrogen-bond donors (Lipinski definition) is 2. The maximum Gasteiger partial charge on any atom is 0.325 e. The van der Waals surface area contributed by atoms with Gasteiger partial charge in [-0.3, -0.25) is 9.52 Å². The van der Waals surface area contributed by atoms with Crippen LogP contribution in [0.15, 0.2) is 12.3 Å². The molecule has 4 heteroatoms. The van der Waals surface area contributed by atoms with E-state index in [-0.39, 0.29) is 12.5 Å². The summed E-state index contributed by atoms with van der Waals surface area (Å²) in [6.07, 6.45) is 2.96. The first-order valence-electron chi connectivity index (χ1n) is 2.49. The van der Waals surface area contributed by atoms with Crippen molar-refractivity contribution in [3.05, 3.63) is 12.3 Å². The minimum Gasteiger partial charge on any atom is -0.434 e. The van der Waals surface area contributed by atoms with Gasteiger partial charge in [-0.05, 0) is 6.92 Å². The van der Waals surface area contributed by atoms with E-state index >= 15 is 0 Å². The topological polar surface area (TPSA) is 38.3 Å². The summed E-state index contributed by atoms with van der Waals surface area (Å²) in [4.78, 5) is 10.4. The molecule has 9 heavy (non-hydrogen) atoms. The third-order valence-electron chi connectivity index (χ3n) is 0.559. The molecule has 0 heterocycles. The maximum absolute atomic E-state index is 10.4. The molecule has 0 radical (unpaired) electrons. The lowest BCUT2D eigenvalue weighted by Crippen LogP contribution is -2.14. The first-order valence-corrected chi connectivity index (χ1v) is 2.93. The van der Waals surface area contributed by atoms with Gasteiger partial charge >= 0.3 is 5.97 Å². The third kappa shape index (κ3) is 5.39. The summed E-state index contributed by atoms with van der Waals surface area (Å²) >= 11 is 3.61. The molecule has 0 saturated carbocycles. The number of thiol groups is 1. The molecule has 3 nitrogen and oxygen atoms in total. The van der Waals surface area contributed by atoms with E-state index in [1.54, 1.807) is 13.0 Å². The van der Waals surface area contributed by atoms with E-state index in [2.05, 4.69) is 22.3 Å². The molecular weight excluding hydrogens is 138 g/mol. The van der Waals surface area contributed by atoms with Crippen LogP contribution in [0.2, 0.25) is 0 Å². The van der Waals surface area contributed by atoms with Gasteiger partial charge in [0.15, 0.2) is 0 Å². The van der Waals surface area contributed by atoms with Crippen molar-refractivity contribution in [2.75, 3.05) is 6.54 Å². The van der Waals surface area contributed by atoms with E-state index in [1.165, 1.54) is 6.26 Å². The van der Waals surface area contributed by atoms with Gasteiger partial charge in [0.1, 0.15) is 6.54 Å². The van der Waals surface area contributed by atoms with Crippen molar-refractivity contribution < 1.29 is 9.53 Å². The Morgan fingerprint density at radius 3 is 3.00 bits per heavy atom. The van der Waals surface area contributed by atoms with Crippen LogP contribution >= 0.6 is 12.8 Å². The van der Waals surface area contributed by atoms with E-state index in [0.717, 1.165) is 0 Å². The predicted octanol–water partition coefficient (Wildman–Crippen LogP) is 0.498. The second kappa shape index (κ2) is 5.65. The molecule has 1 N–H and O–H groups in total. The third-order valence-corrected chi connectivity index (χ3v) is 0.717. The normalized spacial score (nSPS) is 10.0. The molecule has 0 aromatic heterocycles. The van der Waals surface area contributed by atoms with Gasteiger partial charge in [-0.15, -0.1) is 0 Å². The molecule has 0 spiro atoms. The molecule has 0 aliphatic rings. The summed E-state index contributed by atoms with van der Waals surface area (Å²) in [5.74, 6) is -0.344. The van der Waals surface area contributed by atoms with Crippen LogP contribution < -0.4 is 4.72 Å². The monoisotopic (exact) mass is 147 g/mol. The lowest BCUT2D eigenvalue weighted by molar-refractivity contribution is -0.136. The Balaban J connectivity index is 3.27. The molecule has 0 aromatic rings. The highest BCUT2D eigenvalue weighted by Gasteiger charge is 1.94. The van der Waals surface area contributed by atoms with E-state index in [0.29, 0.717) is 0 Å². The van der Waals surface area contributed by atoms with E-state index < -0.39 is 0 Å². The highest BCUT2D eigenvalue weighted by atomic mass is 32.1. The van der Waals surface area contributed by atoms with Crippen LogP contribution in [-0.2, 0) is 9.53 Å². The van der Waals surface area contributed by atoms with Crippen LogP contribution in [0.1, 0.15) is 6.92 Å². The smallest absolute Gasteiger partial charge is 0.325 e. The number of esters is 1. The molecule has 52 valence electrons. The second-order valence-electron chi connectivity index (χ2n) is 1.29. The van der Waals surface area contributed by atoms with Crippen LogP contribution in [0.25, 0.3) is 0 Å². The number of hydrogen-bond acceptors (Lipinski definition) is 4. The van der Waals surface area contributed by atoms with Crippen molar-refractivity contribution in [1.82, 2.24) is 4.72 Å². The molecule has 0 aliphatic heterocycles. The fourth-order valence-corrected chi connectivity index (χ4v) is 0.379. The molecule has 0 bridgehead atoms. The Bertz CT molecular complexity index is 114. The van der Waals surface area contributed by atoms with Crippen molar-refractivity contribution in [2.45, 2.75) is 6.92 Å². The average Bonchev–Trinajstić information content (AvgIpc) is 1.85. The zero-order valence-electron chi connectivity index (χ0n) is 5.13. The van der Waals surface area contributed by atoms with Crippen molar-refractivity contribution >= 4 is 18.8 Å². The number of ether oxygens (including phenoxy) is 1. The standard InChI is InChI=1S/C5H9NO2S/c1-2-3-8-5(7)4-6-9/h2-3,6,9H,4H2,1H3. The number of allylic oxidation sites excluding steroid dienone is 1. The molecule has 0 fully saturated rings. The fourth-order valence-electron chi connectivity index (χ4n) is 0.250. The van der Waals surface area contributed by atoms with Crippen LogP contribution in [0, 0.1) is 0 Å². The van der Waals surface area contributed by atoms with Gasteiger partial charge in [0, 0.05) is 0 Å². The summed E-state index contributed by atoms with van der Waals surface area (Å²) < 4.78 is 6.86. The Morgan fingerprint density at radius 1 is 1.89 bits per heavy atom. The van der Waals surface area contributed by atoms with Gasteiger partial charge < -0.3 is 4.74 Å². The van der Waals surface area contributed by atoms with Gasteiger partial charge in [0.2, 0.25) is 0 Å². The molecule has 0 rings (SSSR count). The predicted molar refractivity (Wildman–Crippen MR) is 37.9 cm³/mol. The quantitative estimate of drug-likeness (QED) is 0.347. The summed E-state index contributed by atoms with van der Waals surface area (Å²) in [5, 5.41) is 0. The number of nitrogens with one attached hydrogen (secondary N) is 1. The molecule has 0 saturated heterocycles. The minimum absolute atomic E-state index is 0.119. The van der Waals surface area contributed by atoms with Crippen molar-refractivity contribution in [3.63, 3.8) is 0 Å². The first-order chi connectivity index (χ1) is 4.31. The van der Waals surface area contributed by atoms with Crippen LogP contribution in [0.4, 0.5) is 0 Å². The maximum atomic E-state index is 10.4.